The van der Waals surface area contributed by atoms with Crippen LogP contribution < -0.4 is 10.1 Å². The predicted octanol–water partition coefficient (Wildman–Crippen LogP) is 3.57. The zero-order valence-electron chi connectivity index (χ0n) is 11.6. The first-order valence-electron chi connectivity index (χ1n) is 6.98. The van der Waals surface area contributed by atoms with Crippen molar-refractivity contribution in [1.29, 1.82) is 0 Å². The van der Waals surface area contributed by atoms with Crippen LogP contribution >= 0.6 is 11.6 Å². The number of hydrogen-bond donors (Lipinski definition) is 1. The second-order valence-corrected chi connectivity index (χ2v) is 5.33. The summed E-state index contributed by atoms with van der Waals surface area (Å²) in [6.45, 7) is 6.73. The van der Waals surface area contributed by atoms with E-state index in [4.69, 9.17) is 21.1 Å². The highest BCUT2D eigenvalue weighted by Gasteiger charge is 2.18. The molecule has 106 valence electrons. The maximum atomic E-state index is 6.13. The van der Waals surface area contributed by atoms with E-state index >= 15 is 0 Å². The quantitative estimate of drug-likeness (QED) is 0.896. The zero-order chi connectivity index (χ0) is 13.7. The summed E-state index contributed by atoms with van der Waals surface area (Å²) in [5.41, 5.74) is 1.13. The molecule has 1 N–H and O–H groups in total. The molecule has 0 saturated carbocycles. The molecular weight excluding hydrogens is 262 g/mol. The Labute approximate surface area is 120 Å². The van der Waals surface area contributed by atoms with Crippen molar-refractivity contribution >= 4 is 11.6 Å². The van der Waals surface area contributed by atoms with Crippen LogP contribution in [0.25, 0.3) is 0 Å². The van der Waals surface area contributed by atoms with Crippen LogP contribution in [0.2, 0.25) is 5.02 Å². The van der Waals surface area contributed by atoms with Crippen molar-refractivity contribution in [1.82, 2.24) is 5.32 Å². The van der Waals surface area contributed by atoms with Gasteiger partial charge in [-0.05, 0) is 31.7 Å². The summed E-state index contributed by atoms with van der Waals surface area (Å²) in [5, 5.41) is 4.15. The highest BCUT2D eigenvalue weighted by Crippen LogP contribution is 2.30. The summed E-state index contributed by atoms with van der Waals surface area (Å²) in [7, 11) is 0. The Balaban J connectivity index is 2.13. The average Bonchev–Trinajstić information content (AvgIpc) is 2.42. The summed E-state index contributed by atoms with van der Waals surface area (Å²) < 4.78 is 11.5. The van der Waals surface area contributed by atoms with E-state index in [0.29, 0.717) is 0 Å². The van der Waals surface area contributed by atoms with Crippen molar-refractivity contribution in [3.63, 3.8) is 0 Å². The van der Waals surface area contributed by atoms with Gasteiger partial charge in [-0.25, -0.2) is 0 Å². The molecule has 1 aromatic carbocycles. The number of rotatable bonds is 5. The first-order chi connectivity index (χ1) is 9.20. The Kier molecular flexibility index (Phi) is 5.49. The lowest BCUT2D eigenvalue weighted by Gasteiger charge is -2.26. The van der Waals surface area contributed by atoms with Crippen LogP contribution in [-0.4, -0.2) is 25.9 Å². The first-order valence-corrected chi connectivity index (χ1v) is 7.35. The predicted molar refractivity (Wildman–Crippen MR) is 78.0 cm³/mol. The van der Waals surface area contributed by atoms with Gasteiger partial charge in [0, 0.05) is 29.5 Å². The van der Waals surface area contributed by atoms with Gasteiger partial charge < -0.3 is 14.8 Å². The largest absolute Gasteiger partial charge is 0.490 e. The number of benzene rings is 1. The Morgan fingerprint density at radius 1 is 1.42 bits per heavy atom. The van der Waals surface area contributed by atoms with Crippen LogP contribution in [0.5, 0.6) is 5.75 Å². The minimum absolute atomic E-state index is 0.235. The number of hydrogen-bond acceptors (Lipinski definition) is 3. The summed E-state index contributed by atoms with van der Waals surface area (Å²) in [5.74, 6) is 0.935. The second kappa shape index (κ2) is 7.13. The van der Waals surface area contributed by atoms with E-state index in [9.17, 15) is 0 Å². The van der Waals surface area contributed by atoms with Crippen LogP contribution in [0.3, 0.4) is 0 Å². The lowest BCUT2D eigenvalue weighted by atomic mass is 10.1. The number of ether oxygens (including phenoxy) is 2. The van der Waals surface area contributed by atoms with E-state index in [-0.39, 0.29) is 12.1 Å². The van der Waals surface area contributed by atoms with Crippen molar-refractivity contribution < 1.29 is 9.47 Å². The van der Waals surface area contributed by atoms with Crippen LogP contribution in [0.15, 0.2) is 18.2 Å². The lowest BCUT2D eigenvalue weighted by molar-refractivity contribution is 0.0250. The fraction of sp³-hybridized carbons (Fsp3) is 0.600. The molecule has 1 aliphatic heterocycles. The van der Waals surface area contributed by atoms with Crippen molar-refractivity contribution in [3.05, 3.63) is 28.8 Å². The molecule has 1 heterocycles. The van der Waals surface area contributed by atoms with Crippen LogP contribution in [-0.2, 0) is 4.74 Å². The summed E-state index contributed by atoms with van der Waals surface area (Å²) in [6.07, 6.45) is 2.16. The van der Waals surface area contributed by atoms with Gasteiger partial charge in [0.15, 0.2) is 0 Å². The van der Waals surface area contributed by atoms with Crippen LogP contribution in [0.4, 0.5) is 0 Å². The Bertz CT molecular complexity index is 405. The summed E-state index contributed by atoms with van der Waals surface area (Å²) >= 11 is 6.10. The van der Waals surface area contributed by atoms with E-state index in [0.717, 1.165) is 48.9 Å². The second-order valence-electron chi connectivity index (χ2n) is 4.89. The molecule has 1 aliphatic rings. The third-order valence-electron chi connectivity index (χ3n) is 3.41. The minimum atomic E-state index is 0.235. The maximum absolute atomic E-state index is 6.13. The molecule has 0 radical (unpaired) electrons. The van der Waals surface area contributed by atoms with E-state index in [2.05, 4.69) is 19.2 Å². The minimum Gasteiger partial charge on any atom is -0.490 e. The molecule has 19 heavy (non-hydrogen) atoms. The van der Waals surface area contributed by atoms with Crippen molar-refractivity contribution in [3.8, 4) is 5.75 Å². The maximum Gasteiger partial charge on any atom is 0.124 e. The molecule has 0 bridgehead atoms. The highest BCUT2D eigenvalue weighted by molar-refractivity contribution is 6.30. The molecule has 1 aromatic rings. The molecule has 2 rings (SSSR count). The third-order valence-corrected chi connectivity index (χ3v) is 3.65. The van der Waals surface area contributed by atoms with Gasteiger partial charge in [-0.2, -0.15) is 0 Å². The standard InChI is InChI=1S/C15H22ClNO2/c1-3-17-11(2)14-10-12(16)4-5-15(14)19-13-6-8-18-9-7-13/h4-5,10-11,13,17H,3,6-9H2,1-2H3. The lowest BCUT2D eigenvalue weighted by Crippen LogP contribution is -2.27. The van der Waals surface area contributed by atoms with Crippen molar-refractivity contribution in [2.45, 2.75) is 38.8 Å². The van der Waals surface area contributed by atoms with E-state index in [1.54, 1.807) is 0 Å². The van der Waals surface area contributed by atoms with Gasteiger partial charge in [-0.15, -0.1) is 0 Å². The smallest absolute Gasteiger partial charge is 0.124 e. The molecule has 1 unspecified atom stereocenters. The Hall–Kier alpha value is -0.770. The van der Waals surface area contributed by atoms with Gasteiger partial charge >= 0.3 is 0 Å². The van der Waals surface area contributed by atoms with E-state index < -0.39 is 0 Å². The average molecular weight is 284 g/mol. The van der Waals surface area contributed by atoms with Crippen molar-refractivity contribution in [2.24, 2.45) is 0 Å². The fourth-order valence-electron chi connectivity index (χ4n) is 2.35. The van der Waals surface area contributed by atoms with Gasteiger partial charge in [-0.1, -0.05) is 18.5 Å². The monoisotopic (exact) mass is 283 g/mol. The molecule has 0 spiro atoms. The first kappa shape index (κ1) is 14.6. The normalized spacial score (nSPS) is 18.3. The summed E-state index contributed by atoms with van der Waals surface area (Å²) in [4.78, 5) is 0. The number of halogens is 1. The molecule has 0 aliphatic carbocycles. The molecule has 3 nitrogen and oxygen atoms in total. The summed E-state index contributed by atoms with van der Waals surface area (Å²) in [6, 6.07) is 6.08. The molecule has 1 atom stereocenters. The molecule has 1 saturated heterocycles. The highest BCUT2D eigenvalue weighted by atomic mass is 35.5. The molecular formula is C15H22ClNO2. The van der Waals surface area contributed by atoms with Crippen molar-refractivity contribution in [2.75, 3.05) is 19.8 Å². The zero-order valence-corrected chi connectivity index (χ0v) is 12.4. The van der Waals surface area contributed by atoms with E-state index in [1.165, 1.54) is 0 Å². The van der Waals surface area contributed by atoms with Crippen LogP contribution in [0, 0.1) is 0 Å². The van der Waals surface area contributed by atoms with Gasteiger partial charge in [0.1, 0.15) is 11.9 Å². The third kappa shape index (κ3) is 4.10. The Morgan fingerprint density at radius 3 is 2.84 bits per heavy atom. The van der Waals surface area contributed by atoms with Gasteiger partial charge in [0.2, 0.25) is 0 Å². The number of nitrogens with one attached hydrogen (secondary N) is 1. The molecule has 1 fully saturated rings. The van der Waals surface area contributed by atoms with E-state index in [1.807, 2.05) is 18.2 Å². The molecule has 0 amide bonds. The molecule has 4 heteroatoms. The Morgan fingerprint density at radius 2 is 2.16 bits per heavy atom. The van der Waals surface area contributed by atoms with Gasteiger partial charge in [-0.3, -0.25) is 0 Å². The fourth-order valence-corrected chi connectivity index (χ4v) is 2.54. The van der Waals surface area contributed by atoms with Crippen LogP contribution in [0.1, 0.15) is 38.3 Å². The van der Waals surface area contributed by atoms with Gasteiger partial charge in [0.05, 0.1) is 13.2 Å². The topological polar surface area (TPSA) is 30.5 Å². The molecule has 0 aromatic heterocycles. The SMILES string of the molecule is CCNC(C)c1cc(Cl)ccc1OC1CCOCC1. The van der Waals surface area contributed by atoms with Gasteiger partial charge in [0.25, 0.3) is 0 Å².